The molecular formula is C12H13NOS. The van der Waals surface area contributed by atoms with Crippen LogP contribution >= 0.6 is 11.3 Å². The summed E-state index contributed by atoms with van der Waals surface area (Å²) in [5.74, 6) is 0.358. The summed E-state index contributed by atoms with van der Waals surface area (Å²) in [5, 5.41) is 14.9. The summed E-state index contributed by atoms with van der Waals surface area (Å²) in [6.07, 6.45) is 0. The minimum atomic E-state index is 0.358. The van der Waals surface area contributed by atoms with Crippen LogP contribution in [0.2, 0.25) is 0 Å². The van der Waals surface area contributed by atoms with Gasteiger partial charge in [0.15, 0.2) is 0 Å². The first-order valence-electron chi connectivity index (χ1n) is 4.86. The number of nitrogens with one attached hydrogen (secondary N) is 1. The van der Waals surface area contributed by atoms with Gasteiger partial charge in [0.05, 0.1) is 0 Å². The maximum atomic E-state index is 9.53. The van der Waals surface area contributed by atoms with Crippen molar-refractivity contribution >= 4 is 11.3 Å². The molecule has 0 aliphatic carbocycles. The molecule has 1 aromatic heterocycles. The first-order valence-corrected chi connectivity index (χ1v) is 5.74. The minimum Gasteiger partial charge on any atom is -0.508 e. The van der Waals surface area contributed by atoms with Crippen LogP contribution in [0.3, 0.4) is 0 Å². The van der Waals surface area contributed by atoms with E-state index < -0.39 is 0 Å². The van der Waals surface area contributed by atoms with E-state index in [4.69, 9.17) is 0 Å². The van der Waals surface area contributed by atoms with Gasteiger partial charge in [-0.15, -0.1) is 11.3 Å². The van der Waals surface area contributed by atoms with Crippen molar-refractivity contribution in [1.82, 2.24) is 5.32 Å². The number of benzene rings is 1. The number of hydrogen-bond acceptors (Lipinski definition) is 3. The molecule has 0 saturated carbocycles. The maximum Gasteiger partial charge on any atom is 0.120 e. The second kappa shape index (κ2) is 4.96. The van der Waals surface area contributed by atoms with Crippen LogP contribution in [0.25, 0.3) is 0 Å². The van der Waals surface area contributed by atoms with Crippen molar-refractivity contribution in [3.63, 3.8) is 0 Å². The standard InChI is InChI=1S/C12H13NOS/c14-12-6-2-1-4-10(12)8-13-9-11-5-3-7-15-11/h1-7,13-14H,8-9H2. The lowest BCUT2D eigenvalue weighted by Gasteiger charge is -2.05. The monoisotopic (exact) mass is 219 g/mol. The molecule has 78 valence electrons. The summed E-state index contributed by atoms with van der Waals surface area (Å²) in [4.78, 5) is 1.31. The summed E-state index contributed by atoms with van der Waals surface area (Å²) in [6.45, 7) is 1.55. The quantitative estimate of drug-likeness (QED) is 0.828. The molecule has 2 nitrogen and oxygen atoms in total. The first-order chi connectivity index (χ1) is 7.36. The van der Waals surface area contributed by atoms with Gasteiger partial charge in [-0.25, -0.2) is 0 Å². The Labute approximate surface area is 93.2 Å². The van der Waals surface area contributed by atoms with Crippen LogP contribution in [0.5, 0.6) is 5.75 Å². The van der Waals surface area contributed by atoms with Gasteiger partial charge in [-0.05, 0) is 17.5 Å². The van der Waals surface area contributed by atoms with E-state index in [9.17, 15) is 5.11 Å². The van der Waals surface area contributed by atoms with E-state index in [1.165, 1.54) is 4.88 Å². The highest BCUT2D eigenvalue weighted by Crippen LogP contribution is 2.15. The molecular weight excluding hydrogens is 206 g/mol. The molecule has 1 heterocycles. The Morgan fingerprint density at radius 3 is 2.67 bits per heavy atom. The predicted octanol–water partition coefficient (Wildman–Crippen LogP) is 2.74. The number of aromatic hydroxyl groups is 1. The van der Waals surface area contributed by atoms with Crippen molar-refractivity contribution in [2.45, 2.75) is 13.1 Å². The van der Waals surface area contributed by atoms with E-state index in [0.717, 1.165) is 12.1 Å². The van der Waals surface area contributed by atoms with Crippen LogP contribution in [0.4, 0.5) is 0 Å². The van der Waals surface area contributed by atoms with Crippen molar-refractivity contribution in [2.75, 3.05) is 0 Å². The lowest BCUT2D eigenvalue weighted by Crippen LogP contribution is -2.11. The molecule has 2 rings (SSSR count). The van der Waals surface area contributed by atoms with Crippen molar-refractivity contribution < 1.29 is 5.11 Å². The Kier molecular flexibility index (Phi) is 3.37. The van der Waals surface area contributed by atoms with Gasteiger partial charge in [-0.2, -0.15) is 0 Å². The molecule has 0 bridgehead atoms. The molecule has 0 aliphatic rings. The molecule has 2 N–H and O–H groups in total. The zero-order valence-electron chi connectivity index (χ0n) is 8.31. The van der Waals surface area contributed by atoms with Gasteiger partial charge in [0, 0.05) is 23.5 Å². The Morgan fingerprint density at radius 1 is 1.07 bits per heavy atom. The molecule has 3 heteroatoms. The highest BCUT2D eigenvalue weighted by Gasteiger charge is 1.98. The first kappa shape index (κ1) is 10.2. The van der Waals surface area contributed by atoms with Gasteiger partial charge in [0.25, 0.3) is 0 Å². The molecule has 2 aromatic rings. The molecule has 0 aliphatic heterocycles. The Hall–Kier alpha value is -1.32. The van der Waals surface area contributed by atoms with E-state index in [-0.39, 0.29) is 0 Å². The van der Waals surface area contributed by atoms with Gasteiger partial charge in [-0.1, -0.05) is 24.3 Å². The van der Waals surface area contributed by atoms with E-state index >= 15 is 0 Å². The van der Waals surface area contributed by atoms with Crippen molar-refractivity contribution in [2.24, 2.45) is 0 Å². The highest BCUT2D eigenvalue weighted by molar-refractivity contribution is 7.09. The molecule has 0 amide bonds. The lowest BCUT2D eigenvalue weighted by molar-refractivity contribution is 0.464. The van der Waals surface area contributed by atoms with Crippen LogP contribution in [0.1, 0.15) is 10.4 Å². The maximum absolute atomic E-state index is 9.53. The summed E-state index contributed by atoms with van der Waals surface area (Å²) >= 11 is 1.74. The van der Waals surface area contributed by atoms with E-state index in [0.29, 0.717) is 12.3 Å². The van der Waals surface area contributed by atoms with Crippen LogP contribution in [0, 0.1) is 0 Å². The molecule has 0 radical (unpaired) electrons. The smallest absolute Gasteiger partial charge is 0.120 e. The zero-order valence-corrected chi connectivity index (χ0v) is 9.13. The zero-order chi connectivity index (χ0) is 10.5. The van der Waals surface area contributed by atoms with Gasteiger partial charge in [-0.3, -0.25) is 0 Å². The highest BCUT2D eigenvalue weighted by atomic mass is 32.1. The van der Waals surface area contributed by atoms with E-state index in [2.05, 4.69) is 16.8 Å². The van der Waals surface area contributed by atoms with Crippen LogP contribution in [0.15, 0.2) is 41.8 Å². The average molecular weight is 219 g/mol. The second-order valence-corrected chi connectivity index (χ2v) is 4.34. The minimum absolute atomic E-state index is 0.358. The van der Waals surface area contributed by atoms with Crippen LogP contribution < -0.4 is 5.32 Å². The van der Waals surface area contributed by atoms with Crippen molar-refractivity contribution in [1.29, 1.82) is 0 Å². The summed E-state index contributed by atoms with van der Waals surface area (Å²) < 4.78 is 0. The Morgan fingerprint density at radius 2 is 1.93 bits per heavy atom. The lowest BCUT2D eigenvalue weighted by atomic mass is 10.2. The van der Waals surface area contributed by atoms with Crippen LogP contribution in [-0.2, 0) is 13.1 Å². The second-order valence-electron chi connectivity index (χ2n) is 3.31. The molecule has 0 spiro atoms. The Balaban J connectivity index is 1.86. The third kappa shape index (κ3) is 2.81. The molecule has 1 aromatic carbocycles. The fraction of sp³-hybridized carbons (Fsp3) is 0.167. The molecule has 15 heavy (non-hydrogen) atoms. The third-order valence-corrected chi connectivity index (χ3v) is 3.06. The number of hydrogen-bond donors (Lipinski definition) is 2. The largest absolute Gasteiger partial charge is 0.508 e. The Bertz CT molecular complexity index is 411. The van der Waals surface area contributed by atoms with E-state index in [1.54, 1.807) is 17.4 Å². The summed E-state index contributed by atoms with van der Waals surface area (Å²) in [5.41, 5.74) is 0.939. The molecule has 0 saturated heterocycles. The molecule has 0 unspecified atom stereocenters. The third-order valence-electron chi connectivity index (χ3n) is 2.19. The number of para-hydroxylation sites is 1. The summed E-state index contributed by atoms with van der Waals surface area (Å²) in [7, 11) is 0. The summed E-state index contributed by atoms with van der Waals surface area (Å²) in [6, 6.07) is 11.5. The number of thiophene rings is 1. The molecule has 0 atom stereocenters. The number of rotatable bonds is 4. The average Bonchev–Trinajstić information content (AvgIpc) is 2.74. The van der Waals surface area contributed by atoms with Gasteiger partial charge in [0.1, 0.15) is 5.75 Å². The van der Waals surface area contributed by atoms with Gasteiger partial charge < -0.3 is 10.4 Å². The number of phenols is 1. The van der Waals surface area contributed by atoms with Crippen LogP contribution in [-0.4, -0.2) is 5.11 Å². The van der Waals surface area contributed by atoms with E-state index in [1.807, 2.05) is 24.3 Å². The van der Waals surface area contributed by atoms with Gasteiger partial charge >= 0.3 is 0 Å². The normalized spacial score (nSPS) is 10.4. The number of phenolic OH excluding ortho intramolecular Hbond substituents is 1. The fourth-order valence-electron chi connectivity index (χ4n) is 1.39. The van der Waals surface area contributed by atoms with Crippen molar-refractivity contribution in [3.05, 3.63) is 52.2 Å². The topological polar surface area (TPSA) is 32.3 Å². The SMILES string of the molecule is Oc1ccccc1CNCc1cccs1. The fourth-order valence-corrected chi connectivity index (χ4v) is 2.07. The predicted molar refractivity (Wildman–Crippen MR) is 63.0 cm³/mol. The van der Waals surface area contributed by atoms with Gasteiger partial charge in [0.2, 0.25) is 0 Å². The molecule has 0 fully saturated rings. The van der Waals surface area contributed by atoms with Crippen molar-refractivity contribution in [3.8, 4) is 5.75 Å².